The third-order valence-corrected chi connectivity index (χ3v) is 5.70. The zero-order valence-electron chi connectivity index (χ0n) is 14.3. The number of thiophene rings is 1. The maximum atomic E-state index is 12.2. The molecule has 0 amide bonds. The second kappa shape index (κ2) is 7.68. The topological polar surface area (TPSA) is 61.5 Å². The van der Waals surface area contributed by atoms with Crippen LogP contribution in [0.4, 0.5) is 5.95 Å². The number of morpholine rings is 1. The normalized spacial score (nSPS) is 22.2. The van der Waals surface area contributed by atoms with Crippen molar-refractivity contribution >= 4 is 17.3 Å². The Hall–Kier alpha value is -1.70. The van der Waals surface area contributed by atoms with E-state index in [0.29, 0.717) is 25.1 Å². The van der Waals surface area contributed by atoms with Crippen LogP contribution in [-0.4, -0.2) is 54.3 Å². The average molecular weight is 360 g/mol. The predicted octanol–water partition coefficient (Wildman–Crippen LogP) is 2.05. The molecule has 2 fully saturated rings. The number of aromatic amines is 1. The first-order valence-electron chi connectivity index (χ1n) is 8.95. The molecule has 0 bridgehead atoms. The average Bonchev–Trinajstić information content (AvgIpc) is 3.15. The highest BCUT2D eigenvalue weighted by molar-refractivity contribution is 7.07. The fraction of sp³-hybridized carbons (Fsp3) is 0.556. The lowest BCUT2D eigenvalue weighted by molar-refractivity contribution is 0.122. The monoisotopic (exact) mass is 360 g/mol. The highest BCUT2D eigenvalue weighted by Crippen LogP contribution is 2.27. The number of anilines is 1. The Kier molecular flexibility index (Phi) is 5.14. The molecule has 2 aliphatic heterocycles. The molecule has 2 aromatic heterocycles. The lowest BCUT2D eigenvalue weighted by Gasteiger charge is -2.33. The van der Waals surface area contributed by atoms with E-state index >= 15 is 0 Å². The Bertz CT molecular complexity index is 740. The molecule has 4 rings (SSSR count). The molecular weight excluding hydrogens is 336 g/mol. The van der Waals surface area contributed by atoms with Gasteiger partial charge in [0.05, 0.1) is 18.9 Å². The number of hydrogen-bond donors (Lipinski definition) is 1. The van der Waals surface area contributed by atoms with E-state index in [1.54, 1.807) is 17.4 Å². The standard InChI is InChI=1S/C18H24N4O2S/c23-17-10-16(19-18(20-17)22-5-7-24-8-6-22)15-2-1-4-21(12-15)11-14-3-9-25-13-14/h3,9-10,13,15H,1-2,4-8,11-12H2,(H,19,20,23). The van der Waals surface area contributed by atoms with Crippen LogP contribution < -0.4 is 10.5 Å². The lowest BCUT2D eigenvalue weighted by Crippen LogP contribution is -2.39. The summed E-state index contributed by atoms with van der Waals surface area (Å²) >= 11 is 1.74. The molecule has 1 atom stereocenters. The molecule has 0 aliphatic carbocycles. The maximum Gasteiger partial charge on any atom is 0.252 e. The Morgan fingerprint density at radius 2 is 2.20 bits per heavy atom. The van der Waals surface area contributed by atoms with Crippen molar-refractivity contribution in [3.8, 4) is 0 Å². The number of piperidine rings is 1. The van der Waals surface area contributed by atoms with Gasteiger partial charge in [-0.15, -0.1) is 0 Å². The van der Waals surface area contributed by atoms with Crippen LogP contribution >= 0.6 is 11.3 Å². The van der Waals surface area contributed by atoms with Gasteiger partial charge in [-0.2, -0.15) is 11.3 Å². The van der Waals surface area contributed by atoms with Crippen molar-refractivity contribution in [2.24, 2.45) is 0 Å². The molecule has 4 heterocycles. The van der Waals surface area contributed by atoms with E-state index in [0.717, 1.165) is 51.3 Å². The first kappa shape index (κ1) is 16.8. The number of ether oxygens (including phenoxy) is 1. The number of hydrogen-bond acceptors (Lipinski definition) is 6. The summed E-state index contributed by atoms with van der Waals surface area (Å²) in [6.45, 7) is 6.00. The molecule has 1 N–H and O–H groups in total. The number of aromatic nitrogens is 2. The van der Waals surface area contributed by atoms with Gasteiger partial charge < -0.3 is 9.64 Å². The fourth-order valence-electron chi connectivity index (χ4n) is 3.68. The van der Waals surface area contributed by atoms with E-state index in [-0.39, 0.29) is 5.56 Å². The largest absolute Gasteiger partial charge is 0.378 e. The third-order valence-electron chi connectivity index (χ3n) is 4.97. The van der Waals surface area contributed by atoms with Crippen molar-refractivity contribution in [1.29, 1.82) is 0 Å². The smallest absolute Gasteiger partial charge is 0.252 e. The second-order valence-electron chi connectivity index (χ2n) is 6.80. The Labute approximate surface area is 151 Å². The van der Waals surface area contributed by atoms with Crippen LogP contribution in [0.3, 0.4) is 0 Å². The van der Waals surface area contributed by atoms with Crippen molar-refractivity contribution in [3.05, 3.63) is 44.5 Å². The number of nitrogens with one attached hydrogen (secondary N) is 1. The van der Waals surface area contributed by atoms with E-state index in [1.165, 1.54) is 5.56 Å². The minimum Gasteiger partial charge on any atom is -0.378 e. The zero-order valence-corrected chi connectivity index (χ0v) is 15.1. The summed E-state index contributed by atoms with van der Waals surface area (Å²) in [5.41, 5.74) is 2.25. The van der Waals surface area contributed by atoms with Gasteiger partial charge in [0.1, 0.15) is 0 Å². The summed E-state index contributed by atoms with van der Waals surface area (Å²) in [6, 6.07) is 3.87. The number of likely N-dealkylation sites (tertiary alicyclic amines) is 1. The number of nitrogens with zero attached hydrogens (tertiary/aromatic N) is 3. The van der Waals surface area contributed by atoms with Gasteiger partial charge in [0.25, 0.3) is 5.56 Å². The molecule has 2 saturated heterocycles. The molecule has 1 unspecified atom stereocenters. The van der Waals surface area contributed by atoms with Gasteiger partial charge in [-0.05, 0) is 41.8 Å². The van der Waals surface area contributed by atoms with Crippen LogP contribution in [0.15, 0.2) is 27.7 Å². The molecule has 0 aromatic carbocycles. The first-order valence-corrected chi connectivity index (χ1v) is 9.89. The molecule has 0 radical (unpaired) electrons. The molecule has 0 saturated carbocycles. The fourth-order valence-corrected chi connectivity index (χ4v) is 4.34. The van der Waals surface area contributed by atoms with E-state index in [4.69, 9.17) is 9.72 Å². The highest BCUT2D eigenvalue weighted by Gasteiger charge is 2.24. The van der Waals surface area contributed by atoms with Crippen LogP contribution in [-0.2, 0) is 11.3 Å². The molecule has 7 heteroatoms. The van der Waals surface area contributed by atoms with Gasteiger partial charge in [0, 0.05) is 38.2 Å². The summed E-state index contributed by atoms with van der Waals surface area (Å²) in [5, 5.41) is 4.34. The van der Waals surface area contributed by atoms with Crippen LogP contribution in [0.1, 0.15) is 30.0 Å². The van der Waals surface area contributed by atoms with Crippen molar-refractivity contribution < 1.29 is 4.74 Å². The lowest BCUT2D eigenvalue weighted by atomic mass is 9.94. The minimum atomic E-state index is -0.0542. The van der Waals surface area contributed by atoms with Gasteiger partial charge in [-0.25, -0.2) is 4.98 Å². The molecular formula is C18H24N4O2S. The van der Waals surface area contributed by atoms with E-state index in [2.05, 4.69) is 31.6 Å². The predicted molar refractivity (Wildman–Crippen MR) is 99.5 cm³/mol. The molecule has 134 valence electrons. The summed E-state index contributed by atoms with van der Waals surface area (Å²) < 4.78 is 5.39. The van der Waals surface area contributed by atoms with Gasteiger partial charge in [0.2, 0.25) is 5.95 Å². The first-order chi connectivity index (χ1) is 12.3. The molecule has 2 aromatic rings. The second-order valence-corrected chi connectivity index (χ2v) is 7.58. The SMILES string of the molecule is O=c1cc(C2CCCN(Cc3ccsc3)C2)nc(N2CCOCC2)[nH]1. The highest BCUT2D eigenvalue weighted by atomic mass is 32.1. The Balaban J connectivity index is 1.50. The maximum absolute atomic E-state index is 12.2. The van der Waals surface area contributed by atoms with E-state index < -0.39 is 0 Å². The Morgan fingerprint density at radius 1 is 1.32 bits per heavy atom. The molecule has 6 nitrogen and oxygen atoms in total. The van der Waals surface area contributed by atoms with Crippen molar-refractivity contribution in [1.82, 2.24) is 14.9 Å². The Morgan fingerprint density at radius 3 is 3.00 bits per heavy atom. The third kappa shape index (κ3) is 4.11. The van der Waals surface area contributed by atoms with Crippen LogP contribution in [0.5, 0.6) is 0 Å². The molecule has 0 spiro atoms. The molecule has 25 heavy (non-hydrogen) atoms. The summed E-state index contributed by atoms with van der Waals surface area (Å²) in [4.78, 5) is 24.5. The quantitative estimate of drug-likeness (QED) is 0.904. The van der Waals surface area contributed by atoms with Crippen molar-refractivity contribution in [2.45, 2.75) is 25.3 Å². The zero-order chi connectivity index (χ0) is 17.1. The minimum absolute atomic E-state index is 0.0542. The van der Waals surface area contributed by atoms with Crippen LogP contribution in [0.2, 0.25) is 0 Å². The van der Waals surface area contributed by atoms with E-state index in [1.807, 2.05) is 0 Å². The van der Waals surface area contributed by atoms with Gasteiger partial charge in [-0.1, -0.05) is 0 Å². The summed E-state index contributed by atoms with van der Waals surface area (Å²) in [5.74, 6) is 1.02. The van der Waals surface area contributed by atoms with Gasteiger partial charge >= 0.3 is 0 Å². The van der Waals surface area contributed by atoms with E-state index in [9.17, 15) is 4.79 Å². The summed E-state index contributed by atoms with van der Waals surface area (Å²) in [7, 11) is 0. The van der Waals surface area contributed by atoms with Crippen LogP contribution in [0, 0.1) is 0 Å². The van der Waals surface area contributed by atoms with Gasteiger partial charge in [-0.3, -0.25) is 14.7 Å². The molecule has 2 aliphatic rings. The van der Waals surface area contributed by atoms with Crippen molar-refractivity contribution in [2.75, 3.05) is 44.3 Å². The van der Waals surface area contributed by atoms with Crippen LogP contribution in [0.25, 0.3) is 0 Å². The number of H-pyrrole nitrogens is 1. The van der Waals surface area contributed by atoms with Gasteiger partial charge in [0.15, 0.2) is 0 Å². The van der Waals surface area contributed by atoms with Crippen molar-refractivity contribution in [3.63, 3.8) is 0 Å². The number of rotatable bonds is 4. The summed E-state index contributed by atoms with van der Waals surface area (Å²) in [6.07, 6.45) is 2.25.